The van der Waals surface area contributed by atoms with E-state index in [1.54, 1.807) is 0 Å². The van der Waals surface area contributed by atoms with E-state index < -0.39 is 23.3 Å². The lowest BCUT2D eigenvalue weighted by Gasteiger charge is -2.27. The minimum atomic E-state index is -4.41. The highest BCUT2D eigenvalue weighted by atomic mass is 19.4. The summed E-state index contributed by atoms with van der Waals surface area (Å²) in [5, 5.41) is 5.38. The number of halogens is 3. The van der Waals surface area contributed by atoms with E-state index >= 15 is 0 Å². The summed E-state index contributed by atoms with van der Waals surface area (Å²) in [7, 11) is 0. The Balaban J connectivity index is 2.08. The van der Waals surface area contributed by atoms with Gasteiger partial charge in [0.05, 0.1) is 11.1 Å². The second kappa shape index (κ2) is 7.23. The molecule has 0 aromatic heterocycles. The number of hydrogen-bond acceptors (Lipinski definition) is 1. The van der Waals surface area contributed by atoms with Gasteiger partial charge in [0.1, 0.15) is 0 Å². The number of anilines is 1. The van der Waals surface area contributed by atoms with Crippen LogP contribution in [0.5, 0.6) is 0 Å². The molecule has 0 unspecified atom stereocenters. The first-order valence-corrected chi connectivity index (χ1v) is 8.02. The Morgan fingerprint density at radius 1 is 1.00 bits per heavy atom. The van der Waals surface area contributed by atoms with Gasteiger partial charge < -0.3 is 10.6 Å². The van der Waals surface area contributed by atoms with E-state index in [-0.39, 0.29) is 5.69 Å². The molecular formula is C20H21F3N2O. The van der Waals surface area contributed by atoms with Gasteiger partial charge in [0.25, 0.3) is 0 Å². The Hall–Kier alpha value is -2.76. The van der Waals surface area contributed by atoms with Crippen LogP contribution in [0.15, 0.2) is 55.1 Å². The summed E-state index contributed by atoms with van der Waals surface area (Å²) in [4.78, 5) is 12.2. The number of carbonyl (C=O) groups is 1. The standard InChI is InChI=1S/C20H21F3N2O/c1-13(2)14-6-5-7-16(12-14)19(3,4)25-18(26)24-17-10-8-15(9-11-17)20(21,22)23/h5-12H,1H2,2-4H3,(H2,24,25,26). The summed E-state index contributed by atoms with van der Waals surface area (Å²) in [5.41, 5.74) is 1.61. The van der Waals surface area contributed by atoms with Gasteiger partial charge >= 0.3 is 12.2 Å². The molecule has 6 heteroatoms. The maximum absolute atomic E-state index is 12.6. The molecule has 2 aromatic rings. The van der Waals surface area contributed by atoms with Crippen molar-refractivity contribution in [2.24, 2.45) is 0 Å². The molecule has 3 nitrogen and oxygen atoms in total. The second-order valence-electron chi connectivity index (χ2n) is 6.64. The molecule has 0 saturated heterocycles. The maximum atomic E-state index is 12.6. The Kier molecular flexibility index (Phi) is 5.44. The van der Waals surface area contributed by atoms with Crippen LogP contribution in [-0.2, 0) is 11.7 Å². The fourth-order valence-electron chi connectivity index (χ4n) is 2.43. The van der Waals surface area contributed by atoms with Gasteiger partial charge in [-0.15, -0.1) is 0 Å². The van der Waals surface area contributed by atoms with Crippen molar-refractivity contribution in [1.29, 1.82) is 0 Å². The molecule has 0 saturated carbocycles. The number of carbonyl (C=O) groups excluding carboxylic acids is 1. The lowest BCUT2D eigenvalue weighted by Crippen LogP contribution is -2.43. The molecule has 2 amide bonds. The molecule has 0 aliphatic heterocycles. The average Bonchev–Trinajstić information content (AvgIpc) is 2.54. The molecule has 0 atom stereocenters. The molecule has 2 aromatic carbocycles. The molecule has 26 heavy (non-hydrogen) atoms. The Morgan fingerprint density at radius 3 is 2.15 bits per heavy atom. The van der Waals surface area contributed by atoms with E-state index in [4.69, 9.17) is 0 Å². The van der Waals surface area contributed by atoms with Crippen LogP contribution >= 0.6 is 0 Å². The topological polar surface area (TPSA) is 41.1 Å². The van der Waals surface area contributed by atoms with E-state index in [1.807, 2.05) is 45.0 Å². The minimum absolute atomic E-state index is 0.280. The molecule has 0 fully saturated rings. The van der Waals surface area contributed by atoms with Crippen LogP contribution in [0.2, 0.25) is 0 Å². The number of benzene rings is 2. The molecule has 2 rings (SSSR count). The third-order valence-electron chi connectivity index (χ3n) is 3.97. The summed E-state index contributed by atoms with van der Waals surface area (Å²) in [6.07, 6.45) is -4.41. The summed E-state index contributed by atoms with van der Waals surface area (Å²) >= 11 is 0. The zero-order valence-corrected chi connectivity index (χ0v) is 14.9. The number of alkyl halides is 3. The van der Waals surface area contributed by atoms with E-state index in [1.165, 1.54) is 12.1 Å². The largest absolute Gasteiger partial charge is 0.416 e. The second-order valence-corrected chi connectivity index (χ2v) is 6.64. The number of nitrogens with one attached hydrogen (secondary N) is 2. The molecule has 0 heterocycles. The fraction of sp³-hybridized carbons (Fsp3) is 0.250. The van der Waals surface area contributed by atoms with Gasteiger partial charge in [-0.25, -0.2) is 4.79 Å². The van der Waals surface area contributed by atoms with Crippen molar-refractivity contribution >= 4 is 17.3 Å². The number of hydrogen-bond donors (Lipinski definition) is 2. The van der Waals surface area contributed by atoms with Gasteiger partial charge in [-0.3, -0.25) is 0 Å². The monoisotopic (exact) mass is 362 g/mol. The van der Waals surface area contributed by atoms with Crippen LogP contribution < -0.4 is 10.6 Å². The van der Waals surface area contributed by atoms with Crippen molar-refractivity contribution in [3.63, 3.8) is 0 Å². The zero-order valence-electron chi connectivity index (χ0n) is 14.9. The van der Waals surface area contributed by atoms with Crippen LogP contribution in [0, 0.1) is 0 Å². The van der Waals surface area contributed by atoms with Gasteiger partial charge in [0.2, 0.25) is 0 Å². The quantitative estimate of drug-likeness (QED) is 0.709. The van der Waals surface area contributed by atoms with Crippen LogP contribution in [0.3, 0.4) is 0 Å². The summed E-state index contributed by atoms with van der Waals surface area (Å²) in [6, 6.07) is 11.4. The fourth-order valence-corrected chi connectivity index (χ4v) is 2.43. The zero-order chi connectivity index (χ0) is 19.5. The van der Waals surface area contributed by atoms with Gasteiger partial charge in [-0.2, -0.15) is 13.2 Å². The van der Waals surface area contributed by atoms with Crippen molar-refractivity contribution in [1.82, 2.24) is 5.32 Å². The highest BCUT2D eigenvalue weighted by Gasteiger charge is 2.30. The normalized spacial score (nSPS) is 11.8. The van der Waals surface area contributed by atoms with Crippen LogP contribution in [0.25, 0.3) is 5.57 Å². The molecule has 0 aliphatic carbocycles. The van der Waals surface area contributed by atoms with E-state index in [9.17, 15) is 18.0 Å². The first kappa shape index (κ1) is 19.6. The average molecular weight is 362 g/mol. The highest BCUT2D eigenvalue weighted by molar-refractivity contribution is 5.89. The van der Waals surface area contributed by atoms with Gasteiger partial charge in [-0.05, 0) is 62.2 Å². The molecule has 0 radical (unpaired) electrons. The SMILES string of the molecule is C=C(C)c1cccc(C(C)(C)NC(=O)Nc2ccc(C(F)(F)F)cc2)c1. The van der Waals surface area contributed by atoms with E-state index in [0.29, 0.717) is 0 Å². The van der Waals surface area contributed by atoms with E-state index in [2.05, 4.69) is 17.2 Å². The van der Waals surface area contributed by atoms with E-state index in [0.717, 1.165) is 28.8 Å². The van der Waals surface area contributed by atoms with Crippen LogP contribution in [-0.4, -0.2) is 6.03 Å². The number of amides is 2. The Morgan fingerprint density at radius 2 is 1.62 bits per heavy atom. The summed E-state index contributed by atoms with van der Waals surface area (Å²) in [5.74, 6) is 0. The molecule has 0 bridgehead atoms. The van der Waals surface area contributed by atoms with Crippen LogP contribution in [0.1, 0.15) is 37.5 Å². The van der Waals surface area contributed by atoms with Crippen LogP contribution in [0.4, 0.5) is 23.7 Å². The van der Waals surface area contributed by atoms with Gasteiger partial charge in [-0.1, -0.05) is 30.4 Å². The van der Waals surface area contributed by atoms with Gasteiger partial charge in [0.15, 0.2) is 0 Å². The minimum Gasteiger partial charge on any atom is -0.329 e. The molecule has 138 valence electrons. The lowest BCUT2D eigenvalue weighted by molar-refractivity contribution is -0.137. The maximum Gasteiger partial charge on any atom is 0.416 e. The van der Waals surface area contributed by atoms with Crippen molar-refractivity contribution in [3.8, 4) is 0 Å². The molecule has 2 N–H and O–H groups in total. The first-order valence-electron chi connectivity index (χ1n) is 8.02. The van der Waals surface area contributed by atoms with Crippen molar-refractivity contribution in [2.45, 2.75) is 32.5 Å². The predicted molar refractivity (Wildman–Crippen MR) is 97.8 cm³/mol. The Labute approximate surface area is 150 Å². The Bertz CT molecular complexity index is 809. The summed E-state index contributed by atoms with van der Waals surface area (Å²) < 4.78 is 37.7. The molecule has 0 spiro atoms. The number of rotatable bonds is 4. The predicted octanol–water partition coefficient (Wildman–Crippen LogP) is 5.80. The third-order valence-corrected chi connectivity index (χ3v) is 3.97. The van der Waals surface area contributed by atoms with Crippen molar-refractivity contribution in [2.75, 3.05) is 5.32 Å². The third kappa shape index (κ3) is 4.88. The lowest BCUT2D eigenvalue weighted by atomic mass is 9.92. The molecule has 0 aliphatic rings. The summed E-state index contributed by atoms with van der Waals surface area (Å²) in [6.45, 7) is 9.50. The first-order chi connectivity index (χ1) is 12.0. The smallest absolute Gasteiger partial charge is 0.329 e. The number of urea groups is 1. The van der Waals surface area contributed by atoms with Crippen molar-refractivity contribution < 1.29 is 18.0 Å². The molecular weight excluding hydrogens is 341 g/mol. The van der Waals surface area contributed by atoms with Gasteiger partial charge in [0, 0.05) is 5.69 Å². The number of allylic oxidation sites excluding steroid dienone is 1. The van der Waals surface area contributed by atoms with Crippen molar-refractivity contribution in [3.05, 3.63) is 71.8 Å². The highest BCUT2D eigenvalue weighted by Crippen LogP contribution is 2.30.